The van der Waals surface area contributed by atoms with Gasteiger partial charge in [-0.25, -0.2) is 0 Å². The van der Waals surface area contributed by atoms with Gasteiger partial charge in [0.2, 0.25) is 0 Å². The SMILES string of the molecule is N#CCC(CF)C1CC1. The van der Waals surface area contributed by atoms with Gasteiger partial charge in [-0.15, -0.1) is 0 Å². The first-order valence-corrected chi connectivity index (χ1v) is 3.31. The number of nitrogens with zero attached hydrogens (tertiary/aromatic N) is 1. The highest BCUT2D eigenvalue weighted by Gasteiger charge is 2.30. The zero-order valence-electron chi connectivity index (χ0n) is 5.31. The standard InChI is InChI=1S/C7H10FN/c8-5-7(3-4-9)6-1-2-6/h6-7H,1-3,5H2. The molecule has 0 aromatic rings. The van der Waals surface area contributed by atoms with E-state index in [1.807, 2.05) is 6.07 Å². The van der Waals surface area contributed by atoms with Gasteiger partial charge >= 0.3 is 0 Å². The Bertz CT molecular complexity index is 123. The highest BCUT2D eigenvalue weighted by atomic mass is 19.1. The van der Waals surface area contributed by atoms with Crippen LogP contribution in [0.4, 0.5) is 4.39 Å². The Labute approximate surface area is 54.5 Å². The van der Waals surface area contributed by atoms with Crippen LogP contribution < -0.4 is 0 Å². The van der Waals surface area contributed by atoms with Crippen LogP contribution in [-0.4, -0.2) is 6.67 Å². The van der Waals surface area contributed by atoms with Gasteiger partial charge in [0.15, 0.2) is 0 Å². The van der Waals surface area contributed by atoms with E-state index in [-0.39, 0.29) is 12.6 Å². The van der Waals surface area contributed by atoms with Crippen molar-refractivity contribution in [1.82, 2.24) is 0 Å². The monoisotopic (exact) mass is 127 g/mol. The van der Waals surface area contributed by atoms with E-state index in [9.17, 15) is 4.39 Å². The largest absolute Gasteiger partial charge is 0.251 e. The van der Waals surface area contributed by atoms with Crippen LogP contribution in [0.5, 0.6) is 0 Å². The summed E-state index contributed by atoms with van der Waals surface area (Å²) >= 11 is 0. The van der Waals surface area contributed by atoms with E-state index in [0.29, 0.717) is 12.3 Å². The third-order valence-corrected chi connectivity index (χ3v) is 1.84. The molecular formula is C7H10FN. The second-order valence-electron chi connectivity index (χ2n) is 2.61. The average Bonchev–Trinajstić information content (AvgIpc) is 2.64. The van der Waals surface area contributed by atoms with Crippen molar-refractivity contribution in [2.45, 2.75) is 19.3 Å². The van der Waals surface area contributed by atoms with Gasteiger partial charge in [0.25, 0.3) is 0 Å². The lowest BCUT2D eigenvalue weighted by Crippen LogP contribution is -2.03. The van der Waals surface area contributed by atoms with Crippen LogP contribution in [0.25, 0.3) is 0 Å². The zero-order chi connectivity index (χ0) is 6.69. The van der Waals surface area contributed by atoms with Crippen LogP contribution in [0.2, 0.25) is 0 Å². The predicted octanol–water partition coefficient (Wildman–Crippen LogP) is 1.90. The second kappa shape index (κ2) is 2.82. The third kappa shape index (κ3) is 1.67. The number of hydrogen-bond acceptors (Lipinski definition) is 1. The van der Waals surface area contributed by atoms with Gasteiger partial charge in [0, 0.05) is 12.3 Å². The topological polar surface area (TPSA) is 23.8 Å². The van der Waals surface area contributed by atoms with Gasteiger partial charge in [-0.1, -0.05) is 0 Å². The molecule has 0 aliphatic heterocycles. The van der Waals surface area contributed by atoms with Gasteiger partial charge in [-0.2, -0.15) is 5.26 Å². The lowest BCUT2D eigenvalue weighted by Gasteiger charge is -2.03. The minimum Gasteiger partial charge on any atom is -0.251 e. The van der Waals surface area contributed by atoms with E-state index in [2.05, 4.69) is 0 Å². The molecule has 0 heterocycles. The van der Waals surface area contributed by atoms with Crippen molar-refractivity contribution >= 4 is 0 Å². The molecule has 1 fully saturated rings. The van der Waals surface area contributed by atoms with E-state index < -0.39 is 0 Å². The van der Waals surface area contributed by atoms with Crippen molar-refractivity contribution in [3.05, 3.63) is 0 Å². The van der Waals surface area contributed by atoms with E-state index >= 15 is 0 Å². The number of halogens is 1. The minimum atomic E-state index is -0.307. The summed E-state index contributed by atoms with van der Waals surface area (Å²) < 4.78 is 12.0. The predicted molar refractivity (Wildman–Crippen MR) is 32.4 cm³/mol. The molecule has 1 aliphatic rings. The van der Waals surface area contributed by atoms with Gasteiger partial charge in [-0.3, -0.25) is 4.39 Å². The molecule has 2 heteroatoms. The molecule has 50 valence electrons. The molecule has 0 spiro atoms. The molecule has 1 saturated carbocycles. The fourth-order valence-electron chi connectivity index (χ4n) is 1.03. The van der Waals surface area contributed by atoms with E-state index in [4.69, 9.17) is 5.26 Å². The maximum atomic E-state index is 12.0. The maximum Gasteiger partial charge on any atom is 0.0935 e. The lowest BCUT2D eigenvalue weighted by atomic mass is 10.0. The minimum absolute atomic E-state index is 0.0509. The van der Waals surface area contributed by atoms with Crippen LogP contribution in [0.3, 0.4) is 0 Å². The Kier molecular flexibility index (Phi) is 2.05. The summed E-state index contributed by atoms with van der Waals surface area (Å²) in [6.45, 7) is -0.307. The van der Waals surface area contributed by atoms with Crippen molar-refractivity contribution < 1.29 is 4.39 Å². The summed E-state index contributed by atoms with van der Waals surface area (Å²) in [5, 5.41) is 8.23. The summed E-state index contributed by atoms with van der Waals surface area (Å²) in [5.41, 5.74) is 0. The Balaban J connectivity index is 2.22. The van der Waals surface area contributed by atoms with Gasteiger partial charge < -0.3 is 0 Å². The zero-order valence-corrected chi connectivity index (χ0v) is 5.31. The van der Waals surface area contributed by atoms with Crippen molar-refractivity contribution in [1.29, 1.82) is 5.26 Å². The van der Waals surface area contributed by atoms with Crippen LogP contribution in [-0.2, 0) is 0 Å². The molecule has 9 heavy (non-hydrogen) atoms. The van der Waals surface area contributed by atoms with Crippen molar-refractivity contribution in [2.75, 3.05) is 6.67 Å². The molecule has 0 N–H and O–H groups in total. The Morgan fingerprint density at radius 1 is 1.67 bits per heavy atom. The van der Waals surface area contributed by atoms with E-state index in [1.54, 1.807) is 0 Å². The Morgan fingerprint density at radius 2 is 2.33 bits per heavy atom. The first kappa shape index (κ1) is 6.54. The molecule has 1 nitrogen and oxygen atoms in total. The van der Waals surface area contributed by atoms with Crippen LogP contribution in [0.1, 0.15) is 19.3 Å². The summed E-state index contributed by atoms with van der Waals surface area (Å²) in [4.78, 5) is 0. The van der Waals surface area contributed by atoms with Gasteiger partial charge in [0.1, 0.15) is 0 Å². The van der Waals surface area contributed by atoms with Crippen LogP contribution in [0.15, 0.2) is 0 Å². The smallest absolute Gasteiger partial charge is 0.0935 e. The number of nitriles is 1. The van der Waals surface area contributed by atoms with Gasteiger partial charge in [-0.05, 0) is 18.8 Å². The fourth-order valence-corrected chi connectivity index (χ4v) is 1.03. The molecule has 0 aromatic carbocycles. The number of rotatable bonds is 3. The second-order valence-corrected chi connectivity index (χ2v) is 2.61. The first-order valence-electron chi connectivity index (χ1n) is 3.31. The van der Waals surface area contributed by atoms with Crippen molar-refractivity contribution in [2.24, 2.45) is 11.8 Å². The molecule has 1 rings (SSSR count). The molecule has 0 saturated heterocycles. The molecule has 0 bridgehead atoms. The molecule has 1 unspecified atom stereocenters. The van der Waals surface area contributed by atoms with Crippen LogP contribution in [0, 0.1) is 23.2 Å². The summed E-state index contributed by atoms with van der Waals surface area (Å²) in [5.74, 6) is 0.588. The first-order chi connectivity index (χ1) is 4.38. The van der Waals surface area contributed by atoms with Crippen molar-refractivity contribution in [3.8, 4) is 6.07 Å². The van der Waals surface area contributed by atoms with Crippen molar-refractivity contribution in [3.63, 3.8) is 0 Å². The molecule has 0 aromatic heterocycles. The fraction of sp³-hybridized carbons (Fsp3) is 0.857. The van der Waals surface area contributed by atoms with Gasteiger partial charge in [0.05, 0.1) is 12.7 Å². The number of alkyl halides is 1. The molecule has 1 aliphatic carbocycles. The molecule has 0 radical (unpaired) electrons. The average molecular weight is 127 g/mol. The Hall–Kier alpha value is -0.580. The highest BCUT2D eigenvalue weighted by molar-refractivity contribution is 4.86. The third-order valence-electron chi connectivity index (χ3n) is 1.84. The molecule has 0 amide bonds. The highest BCUT2D eigenvalue weighted by Crippen LogP contribution is 2.38. The molecular weight excluding hydrogens is 117 g/mol. The lowest BCUT2D eigenvalue weighted by molar-refractivity contribution is 0.334. The van der Waals surface area contributed by atoms with Crippen LogP contribution >= 0.6 is 0 Å². The summed E-state index contributed by atoms with van der Waals surface area (Å²) in [6.07, 6.45) is 2.67. The Morgan fingerprint density at radius 3 is 2.67 bits per heavy atom. The quantitative estimate of drug-likeness (QED) is 0.568. The summed E-state index contributed by atoms with van der Waals surface area (Å²) in [6, 6.07) is 2.00. The molecule has 1 atom stereocenters. The summed E-state index contributed by atoms with van der Waals surface area (Å²) in [7, 11) is 0. The maximum absolute atomic E-state index is 12.0. The van der Waals surface area contributed by atoms with E-state index in [1.165, 1.54) is 0 Å². The number of hydrogen-bond donors (Lipinski definition) is 0. The van der Waals surface area contributed by atoms with E-state index in [0.717, 1.165) is 12.8 Å². The normalized spacial score (nSPS) is 20.9.